The standard InChI is InChI=1S/C22H23NO5/c1-13(16-7-6-15(22(26)28-3)11-20(16)27-2)18-12-23-19-8-4-14(10-17(18)19)5-9-21(24)25/h4,6-8,10-13,23H,5,9H2,1-3H3,(H,24,25). The maximum absolute atomic E-state index is 11.8. The van der Waals surface area contributed by atoms with Gasteiger partial charge in [0.1, 0.15) is 5.75 Å². The van der Waals surface area contributed by atoms with Gasteiger partial charge in [0.15, 0.2) is 0 Å². The van der Waals surface area contributed by atoms with E-state index in [1.807, 2.05) is 30.5 Å². The molecule has 1 atom stereocenters. The van der Waals surface area contributed by atoms with Crippen molar-refractivity contribution in [2.75, 3.05) is 14.2 Å². The molecule has 0 fully saturated rings. The number of hydrogen-bond donors (Lipinski definition) is 2. The van der Waals surface area contributed by atoms with E-state index in [1.54, 1.807) is 19.2 Å². The molecule has 0 saturated carbocycles. The summed E-state index contributed by atoms with van der Waals surface area (Å²) < 4.78 is 10.3. The van der Waals surface area contributed by atoms with Crippen molar-refractivity contribution >= 4 is 22.8 Å². The number of rotatable bonds is 7. The van der Waals surface area contributed by atoms with Gasteiger partial charge in [-0.15, -0.1) is 0 Å². The van der Waals surface area contributed by atoms with E-state index in [0.717, 1.165) is 27.6 Å². The SMILES string of the molecule is COC(=O)c1ccc(C(C)c2c[nH]c3ccc(CCC(=O)O)cc23)c(OC)c1. The molecule has 1 unspecified atom stereocenters. The summed E-state index contributed by atoms with van der Waals surface area (Å²) in [4.78, 5) is 25.9. The smallest absolute Gasteiger partial charge is 0.337 e. The number of aromatic amines is 1. The van der Waals surface area contributed by atoms with E-state index in [9.17, 15) is 9.59 Å². The molecule has 28 heavy (non-hydrogen) atoms. The minimum absolute atomic E-state index is 0.00474. The Bertz CT molecular complexity index is 1020. The first-order valence-electron chi connectivity index (χ1n) is 9.02. The average Bonchev–Trinajstić information content (AvgIpc) is 3.13. The summed E-state index contributed by atoms with van der Waals surface area (Å²) in [6.45, 7) is 2.07. The number of esters is 1. The summed E-state index contributed by atoms with van der Waals surface area (Å²) in [5, 5.41) is 9.97. The molecule has 1 heterocycles. The summed E-state index contributed by atoms with van der Waals surface area (Å²) in [5.41, 5.74) is 4.44. The first kappa shape index (κ1) is 19.5. The van der Waals surface area contributed by atoms with Gasteiger partial charge >= 0.3 is 11.9 Å². The fourth-order valence-electron chi connectivity index (χ4n) is 3.44. The summed E-state index contributed by atoms with van der Waals surface area (Å²) >= 11 is 0. The van der Waals surface area contributed by atoms with E-state index >= 15 is 0 Å². The molecule has 6 heteroatoms. The lowest BCUT2D eigenvalue weighted by Crippen LogP contribution is -2.05. The number of carbonyl (C=O) groups is 2. The van der Waals surface area contributed by atoms with Crippen LogP contribution in [0.4, 0.5) is 0 Å². The van der Waals surface area contributed by atoms with Gasteiger partial charge in [-0.25, -0.2) is 4.79 Å². The van der Waals surface area contributed by atoms with Crippen molar-refractivity contribution in [3.05, 3.63) is 64.8 Å². The van der Waals surface area contributed by atoms with Gasteiger partial charge in [0.05, 0.1) is 19.8 Å². The lowest BCUT2D eigenvalue weighted by molar-refractivity contribution is -0.136. The van der Waals surface area contributed by atoms with E-state index < -0.39 is 11.9 Å². The first-order valence-corrected chi connectivity index (χ1v) is 9.02. The fraction of sp³-hybridized carbons (Fsp3) is 0.273. The molecular formula is C22H23NO5. The zero-order chi connectivity index (χ0) is 20.3. The zero-order valence-electron chi connectivity index (χ0n) is 16.1. The molecule has 146 valence electrons. The highest BCUT2D eigenvalue weighted by molar-refractivity contribution is 5.90. The average molecular weight is 381 g/mol. The van der Waals surface area contributed by atoms with Crippen LogP contribution in [0.25, 0.3) is 10.9 Å². The monoisotopic (exact) mass is 381 g/mol. The van der Waals surface area contributed by atoms with Crippen LogP contribution in [0, 0.1) is 0 Å². The Labute approximate surface area is 163 Å². The van der Waals surface area contributed by atoms with Crippen LogP contribution in [0.2, 0.25) is 0 Å². The van der Waals surface area contributed by atoms with Crippen LogP contribution in [0.3, 0.4) is 0 Å². The number of carbonyl (C=O) groups excluding carboxylic acids is 1. The second kappa shape index (κ2) is 8.17. The summed E-state index contributed by atoms with van der Waals surface area (Å²) in [7, 11) is 2.92. The highest BCUT2D eigenvalue weighted by Gasteiger charge is 2.19. The maximum atomic E-state index is 11.8. The van der Waals surface area contributed by atoms with Crippen molar-refractivity contribution in [2.24, 2.45) is 0 Å². The van der Waals surface area contributed by atoms with Crippen LogP contribution < -0.4 is 4.74 Å². The predicted octanol–water partition coefficient (Wildman–Crippen LogP) is 4.13. The van der Waals surface area contributed by atoms with Gasteiger partial charge in [0, 0.05) is 35.0 Å². The number of aliphatic carboxylic acids is 1. The number of ether oxygens (including phenoxy) is 2. The van der Waals surface area contributed by atoms with Gasteiger partial charge < -0.3 is 19.6 Å². The lowest BCUT2D eigenvalue weighted by Gasteiger charge is -2.16. The molecule has 0 aliphatic heterocycles. The Balaban J connectivity index is 1.98. The highest BCUT2D eigenvalue weighted by atomic mass is 16.5. The van der Waals surface area contributed by atoms with E-state index in [2.05, 4.69) is 11.9 Å². The number of H-pyrrole nitrogens is 1. The second-order valence-electron chi connectivity index (χ2n) is 6.69. The quantitative estimate of drug-likeness (QED) is 0.601. The van der Waals surface area contributed by atoms with Gasteiger partial charge in [-0.3, -0.25) is 4.79 Å². The molecule has 2 aromatic carbocycles. The molecule has 6 nitrogen and oxygen atoms in total. The zero-order valence-corrected chi connectivity index (χ0v) is 16.1. The molecule has 0 spiro atoms. The third kappa shape index (κ3) is 3.86. The van der Waals surface area contributed by atoms with Crippen molar-refractivity contribution in [1.29, 1.82) is 0 Å². The number of carboxylic acids is 1. The van der Waals surface area contributed by atoms with Crippen LogP contribution in [0.15, 0.2) is 42.6 Å². The van der Waals surface area contributed by atoms with E-state index in [4.69, 9.17) is 14.6 Å². The molecule has 2 N–H and O–H groups in total. The lowest BCUT2D eigenvalue weighted by atomic mass is 9.90. The molecule has 0 amide bonds. The van der Waals surface area contributed by atoms with Gasteiger partial charge in [-0.2, -0.15) is 0 Å². The third-order valence-corrected chi connectivity index (χ3v) is 4.99. The Hall–Kier alpha value is -3.28. The molecule has 1 aromatic heterocycles. The van der Waals surface area contributed by atoms with Gasteiger partial charge in [0.25, 0.3) is 0 Å². The molecule has 3 aromatic rings. The van der Waals surface area contributed by atoms with Crippen molar-refractivity contribution in [2.45, 2.75) is 25.7 Å². The van der Waals surface area contributed by atoms with Gasteiger partial charge in [0.2, 0.25) is 0 Å². The Kier molecular flexibility index (Phi) is 5.68. The number of aromatic nitrogens is 1. The Morgan fingerprint density at radius 2 is 1.89 bits per heavy atom. The normalized spacial score (nSPS) is 12.0. The van der Waals surface area contributed by atoms with Gasteiger partial charge in [-0.05, 0) is 41.8 Å². The van der Waals surface area contributed by atoms with E-state index in [0.29, 0.717) is 17.7 Å². The molecule has 0 radical (unpaired) electrons. The number of fused-ring (bicyclic) bond motifs is 1. The predicted molar refractivity (Wildman–Crippen MR) is 106 cm³/mol. The largest absolute Gasteiger partial charge is 0.496 e. The van der Waals surface area contributed by atoms with E-state index in [-0.39, 0.29) is 12.3 Å². The summed E-state index contributed by atoms with van der Waals surface area (Å²) in [5.74, 6) is -0.595. The minimum Gasteiger partial charge on any atom is -0.496 e. The molecule has 0 bridgehead atoms. The molecule has 0 aliphatic rings. The molecule has 3 rings (SSSR count). The maximum Gasteiger partial charge on any atom is 0.337 e. The summed E-state index contributed by atoms with van der Waals surface area (Å²) in [6, 6.07) is 11.2. The minimum atomic E-state index is -0.807. The number of hydrogen-bond acceptors (Lipinski definition) is 4. The van der Waals surface area contributed by atoms with Crippen molar-refractivity contribution in [3.8, 4) is 5.75 Å². The fourth-order valence-corrected chi connectivity index (χ4v) is 3.44. The number of benzene rings is 2. The second-order valence-corrected chi connectivity index (χ2v) is 6.69. The Morgan fingerprint density at radius 1 is 1.11 bits per heavy atom. The highest BCUT2D eigenvalue weighted by Crippen LogP contribution is 2.36. The topological polar surface area (TPSA) is 88.6 Å². The van der Waals surface area contributed by atoms with Crippen molar-refractivity contribution < 1.29 is 24.2 Å². The number of aryl methyl sites for hydroxylation is 1. The van der Waals surface area contributed by atoms with Crippen LogP contribution in [-0.2, 0) is 16.0 Å². The third-order valence-electron chi connectivity index (χ3n) is 4.99. The molecular weight excluding hydrogens is 358 g/mol. The number of carboxylic acid groups (broad SMARTS) is 1. The number of methoxy groups -OCH3 is 2. The Morgan fingerprint density at radius 3 is 2.57 bits per heavy atom. The van der Waals surface area contributed by atoms with Crippen LogP contribution >= 0.6 is 0 Å². The van der Waals surface area contributed by atoms with Crippen molar-refractivity contribution in [3.63, 3.8) is 0 Å². The summed E-state index contributed by atoms with van der Waals surface area (Å²) in [6.07, 6.45) is 2.55. The van der Waals surface area contributed by atoms with Crippen LogP contribution in [0.1, 0.15) is 46.3 Å². The van der Waals surface area contributed by atoms with Crippen LogP contribution in [0.5, 0.6) is 5.75 Å². The first-order chi connectivity index (χ1) is 13.4. The van der Waals surface area contributed by atoms with Crippen molar-refractivity contribution in [1.82, 2.24) is 4.98 Å². The number of nitrogens with one attached hydrogen (secondary N) is 1. The van der Waals surface area contributed by atoms with Gasteiger partial charge in [-0.1, -0.05) is 19.1 Å². The van der Waals surface area contributed by atoms with Crippen LogP contribution in [-0.4, -0.2) is 36.2 Å². The molecule has 0 saturated heterocycles. The molecule has 0 aliphatic carbocycles. The van der Waals surface area contributed by atoms with E-state index in [1.165, 1.54) is 7.11 Å².